The summed E-state index contributed by atoms with van der Waals surface area (Å²) in [4.78, 5) is 12.0. The van der Waals surface area contributed by atoms with Crippen molar-refractivity contribution in [1.82, 2.24) is 0 Å². The molecule has 0 heterocycles. The molecule has 0 saturated heterocycles. The Balaban J connectivity index is 1.65. The van der Waals surface area contributed by atoms with Crippen molar-refractivity contribution in [2.75, 3.05) is 6.61 Å². The lowest BCUT2D eigenvalue weighted by Crippen LogP contribution is -2.57. The Bertz CT molecular complexity index is 752. The molecule has 4 aliphatic rings. The van der Waals surface area contributed by atoms with Crippen LogP contribution < -0.4 is 0 Å². The van der Waals surface area contributed by atoms with Crippen LogP contribution in [0.3, 0.4) is 0 Å². The van der Waals surface area contributed by atoms with Crippen LogP contribution in [0.2, 0.25) is 0 Å². The van der Waals surface area contributed by atoms with E-state index in [0.29, 0.717) is 36.5 Å². The van der Waals surface area contributed by atoms with Gasteiger partial charge in [-0.2, -0.15) is 0 Å². The molecule has 0 spiro atoms. The summed E-state index contributed by atoms with van der Waals surface area (Å²) in [5, 5.41) is 33.4. The first-order valence-corrected chi connectivity index (χ1v) is 12.5. The number of rotatable bonds is 5. The molecule has 3 saturated carbocycles. The van der Waals surface area contributed by atoms with Crippen molar-refractivity contribution in [2.45, 2.75) is 84.3 Å². The first kappa shape index (κ1) is 23.2. The van der Waals surface area contributed by atoms with E-state index in [9.17, 15) is 20.1 Å². The Morgan fingerprint density at radius 2 is 2.00 bits per heavy atom. The predicted molar refractivity (Wildman–Crippen MR) is 122 cm³/mol. The number of carbonyl (C=O) groups excluding carboxylic acids is 1. The normalized spacial score (nSPS) is 46.6. The molecule has 0 unspecified atom stereocenters. The molecule has 0 aromatic heterocycles. The van der Waals surface area contributed by atoms with Gasteiger partial charge in [-0.25, -0.2) is 0 Å². The fraction of sp³-hybridized carbons (Fsp3) is 0.815. The maximum absolute atomic E-state index is 12.0. The number of allylic oxidation sites excluding steroid dienone is 3. The Hall–Kier alpha value is -0.970. The van der Waals surface area contributed by atoms with Crippen LogP contribution in [-0.2, 0) is 4.79 Å². The molecule has 4 nitrogen and oxygen atoms in total. The Morgan fingerprint density at radius 3 is 2.68 bits per heavy atom. The second-order valence-corrected chi connectivity index (χ2v) is 12.0. The summed E-state index contributed by atoms with van der Waals surface area (Å²) in [6.45, 7) is 8.47. The van der Waals surface area contributed by atoms with Crippen LogP contribution in [0.4, 0.5) is 0 Å². The third-order valence-corrected chi connectivity index (χ3v) is 9.78. The summed E-state index contributed by atoms with van der Waals surface area (Å²) >= 11 is 0. The number of hydrogen-bond donors (Lipinski definition) is 3. The van der Waals surface area contributed by atoms with Gasteiger partial charge in [0.25, 0.3) is 0 Å². The van der Waals surface area contributed by atoms with Gasteiger partial charge >= 0.3 is 0 Å². The molecular formula is C27H42O4. The predicted octanol–water partition coefficient (Wildman–Crippen LogP) is 4.29. The number of aliphatic hydroxyl groups is 3. The van der Waals surface area contributed by atoms with Crippen molar-refractivity contribution in [3.8, 4) is 0 Å². The molecule has 0 radical (unpaired) electrons. The molecule has 174 valence electrons. The van der Waals surface area contributed by atoms with Gasteiger partial charge in [0, 0.05) is 24.4 Å². The smallest absolute Gasteiger partial charge is 0.155 e. The van der Waals surface area contributed by atoms with Gasteiger partial charge in [-0.15, -0.1) is 0 Å². The maximum atomic E-state index is 12.0. The van der Waals surface area contributed by atoms with E-state index in [2.05, 4.69) is 26.8 Å². The number of aliphatic hydroxyl groups excluding tert-OH is 2. The van der Waals surface area contributed by atoms with Crippen LogP contribution in [0.1, 0.15) is 72.6 Å². The molecule has 31 heavy (non-hydrogen) atoms. The first-order valence-electron chi connectivity index (χ1n) is 12.5. The third kappa shape index (κ3) is 3.67. The number of carbonyl (C=O) groups is 1. The van der Waals surface area contributed by atoms with E-state index in [1.54, 1.807) is 6.08 Å². The van der Waals surface area contributed by atoms with Crippen LogP contribution in [0, 0.1) is 46.3 Å². The summed E-state index contributed by atoms with van der Waals surface area (Å²) in [6.07, 6.45) is 13.4. The lowest BCUT2D eigenvalue weighted by atomic mass is 9.45. The summed E-state index contributed by atoms with van der Waals surface area (Å²) in [5.41, 5.74) is -1.55. The van der Waals surface area contributed by atoms with E-state index < -0.39 is 17.1 Å². The second-order valence-electron chi connectivity index (χ2n) is 12.0. The van der Waals surface area contributed by atoms with Gasteiger partial charge in [0.1, 0.15) is 0 Å². The maximum Gasteiger partial charge on any atom is 0.155 e. The van der Waals surface area contributed by atoms with E-state index in [1.165, 1.54) is 0 Å². The van der Waals surface area contributed by atoms with Gasteiger partial charge in [-0.1, -0.05) is 39.0 Å². The molecule has 3 fully saturated rings. The largest absolute Gasteiger partial charge is 0.396 e. The molecule has 4 rings (SSSR count). The van der Waals surface area contributed by atoms with E-state index in [-0.39, 0.29) is 29.6 Å². The van der Waals surface area contributed by atoms with E-state index in [0.717, 1.165) is 32.1 Å². The van der Waals surface area contributed by atoms with Crippen molar-refractivity contribution >= 4 is 5.78 Å². The highest BCUT2D eigenvalue weighted by atomic mass is 16.3. The molecule has 0 aromatic rings. The highest BCUT2D eigenvalue weighted by Gasteiger charge is 2.66. The van der Waals surface area contributed by atoms with Crippen molar-refractivity contribution in [3.63, 3.8) is 0 Å². The molecule has 0 bridgehead atoms. The molecule has 4 heteroatoms. The quantitative estimate of drug-likeness (QED) is 0.569. The van der Waals surface area contributed by atoms with Crippen molar-refractivity contribution in [2.24, 2.45) is 46.3 Å². The summed E-state index contributed by atoms with van der Waals surface area (Å²) in [6, 6.07) is 0. The minimum absolute atomic E-state index is 0.0191. The molecule has 9 atom stereocenters. The van der Waals surface area contributed by atoms with Crippen LogP contribution in [0.5, 0.6) is 0 Å². The molecule has 4 aliphatic carbocycles. The van der Waals surface area contributed by atoms with Crippen molar-refractivity contribution in [3.05, 3.63) is 24.3 Å². The molecular weight excluding hydrogens is 388 g/mol. The lowest BCUT2D eigenvalue weighted by Gasteiger charge is -2.59. The van der Waals surface area contributed by atoms with Gasteiger partial charge in [0.15, 0.2) is 5.78 Å². The van der Waals surface area contributed by atoms with Crippen LogP contribution in [-0.4, -0.2) is 39.4 Å². The Morgan fingerprint density at radius 1 is 1.26 bits per heavy atom. The van der Waals surface area contributed by atoms with E-state index in [4.69, 9.17) is 0 Å². The summed E-state index contributed by atoms with van der Waals surface area (Å²) in [7, 11) is 0. The fourth-order valence-corrected chi connectivity index (χ4v) is 8.40. The highest BCUT2D eigenvalue weighted by molar-refractivity contribution is 5.91. The van der Waals surface area contributed by atoms with E-state index >= 15 is 0 Å². The van der Waals surface area contributed by atoms with Gasteiger partial charge in [0.2, 0.25) is 0 Å². The zero-order chi connectivity index (χ0) is 22.6. The number of fused-ring (bicyclic) bond motifs is 5. The topological polar surface area (TPSA) is 77.8 Å². The minimum Gasteiger partial charge on any atom is -0.396 e. The molecule has 0 aromatic carbocycles. The van der Waals surface area contributed by atoms with Gasteiger partial charge in [0.05, 0.1) is 11.7 Å². The molecule has 0 aliphatic heterocycles. The van der Waals surface area contributed by atoms with E-state index in [1.807, 2.05) is 19.1 Å². The average Bonchev–Trinajstić information content (AvgIpc) is 3.01. The van der Waals surface area contributed by atoms with Crippen LogP contribution in [0.25, 0.3) is 0 Å². The zero-order valence-electron chi connectivity index (χ0n) is 19.8. The third-order valence-electron chi connectivity index (χ3n) is 9.78. The SMILES string of the molecule is CC(C)C/C=C/[C@](C)(O)[C@H]1[C@@H](O)C[C@H]2[C@@H]3CC[C@H]4CC(=O)C=C[C@]4(C)[C@H]3CC[C@@]21CO. The first-order chi connectivity index (χ1) is 14.5. The van der Waals surface area contributed by atoms with Gasteiger partial charge in [-0.05, 0) is 86.5 Å². The van der Waals surface area contributed by atoms with Gasteiger partial charge in [-0.3, -0.25) is 4.79 Å². The monoisotopic (exact) mass is 430 g/mol. The molecule has 3 N–H and O–H groups in total. The summed E-state index contributed by atoms with van der Waals surface area (Å²) in [5.74, 6) is 1.95. The molecule has 0 amide bonds. The Kier molecular flexibility index (Phi) is 6.07. The fourth-order valence-electron chi connectivity index (χ4n) is 8.40. The average molecular weight is 431 g/mol. The standard InChI is InChI=1S/C27H42O4/c1-17(2)6-5-11-26(4,31)24-23(30)15-22-20-8-7-18-14-19(29)9-12-25(18,3)21(20)10-13-27(22,24)16-28/h5,9,11-12,17-18,20-24,28,30-31H,6-8,10,13-16H2,1-4H3/b11-5+/t18-,20+,21-,22-,23-,24+,25-,26-,27+/m0/s1. The summed E-state index contributed by atoms with van der Waals surface area (Å²) < 4.78 is 0. The highest BCUT2D eigenvalue weighted by Crippen LogP contribution is 2.67. The number of hydrogen-bond acceptors (Lipinski definition) is 4. The van der Waals surface area contributed by atoms with Crippen LogP contribution >= 0.6 is 0 Å². The number of ketones is 1. The zero-order valence-corrected chi connectivity index (χ0v) is 19.8. The Labute approximate surface area is 187 Å². The lowest BCUT2D eigenvalue weighted by molar-refractivity contribution is -0.142. The second kappa shape index (κ2) is 8.11. The van der Waals surface area contributed by atoms with Crippen molar-refractivity contribution in [1.29, 1.82) is 0 Å². The van der Waals surface area contributed by atoms with Crippen molar-refractivity contribution < 1.29 is 20.1 Å². The van der Waals surface area contributed by atoms with Gasteiger partial charge < -0.3 is 15.3 Å². The minimum atomic E-state index is -1.14. The van der Waals surface area contributed by atoms with Crippen LogP contribution in [0.15, 0.2) is 24.3 Å².